The lowest BCUT2D eigenvalue weighted by atomic mass is 10.1. The van der Waals surface area contributed by atoms with Crippen LogP contribution in [0, 0.1) is 18.3 Å². The van der Waals surface area contributed by atoms with Gasteiger partial charge in [-0.2, -0.15) is 5.26 Å². The van der Waals surface area contributed by atoms with E-state index in [0.29, 0.717) is 16.8 Å². The largest absolute Gasteiger partial charge is 0.278 e. The summed E-state index contributed by atoms with van der Waals surface area (Å²) in [5.41, 5.74) is 1.36. The second-order valence-electron chi connectivity index (χ2n) is 4.06. The fourth-order valence-corrected chi connectivity index (χ4v) is 2.82. The minimum Gasteiger partial charge on any atom is -0.278 e. The van der Waals surface area contributed by atoms with E-state index < -0.39 is 10.0 Å². The number of benzene rings is 1. The molecule has 0 bridgehead atoms. The van der Waals surface area contributed by atoms with Gasteiger partial charge in [-0.15, -0.1) is 0 Å². The van der Waals surface area contributed by atoms with Crippen LogP contribution in [-0.4, -0.2) is 13.4 Å². The van der Waals surface area contributed by atoms with Crippen molar-refractivity contribution in [3.63, 3.8) is 0 Å². The third kappa shape index (κ3) is 3.07. The number of aromatic nitrogens is 1. The smallest absolute Gasteiger partial charge is 0.261 e. The van der Waals surface area contributed by atoms with Crippen LogP contribution in [0.25, 0.3) is 0 Å². The first kappa shape index (κ1) is 14.3. The van der Waals surface area contributed by atoms with Crippen molar-refractivity contribution in [3.05, 3.63) is 52.8 Å². The summed E-state index contributed by atoms with van der Waals surface area (Å²) in [5.74, 6) is 0. The van der Waals surface area contributed by atoms with Crippen LogP contribution in [-0.2, 0) is 10.0 Å². The van der Waals surface area contributed by atoms with Crippen LogP contribution >= 0.6 is 11.6 Å². The van der Waals surface area contributed by atoms with Gasteiger partial charge in [0.25, 0.3) is 10.0 Å². The first-order valence-electron chi connectivity index (χ1n) is 5.57. The fraction of sp³-hybridized carbons (Fsp3) is 0.0769. The van der Waals surface area contributed by atoms with Crippen molar-refractivity contribution in [1.29, 1.82) is 5.26 Å². The molecule has 0 radical (unpaired) electrons. The van der Waals surface area contributed by atoms with Gasteiger partial charge in [0.1, 0.15) is 5.15 Å². The number of hydrogen-bond acceptors (Lipinski definition) is 4. The number of rotatable bonds is 3. The molecule has 0 aliphatic heterocycles. The molecule has 102 valence electrons. The summed E-state index contributed by atoms with van der Waals surface area (Å²) in [6.45, 7) is 1.68. The third-order valence-electron chi connectivity index (χ3n) is 2.61. The van der Waals surface area contributed by atoms with Gasteiger partial charge in [0.05, 0.1) is 28.4 Å². The maximum Gasteiger partial charge on any atom is 0.261 e. The molecule has 1 aromatic carbocycles. The number of hydrogen-bond donors (Lipinski definition) is 1. The SMILES string of the molecule is Cc1cc(S(=O)(=O)Nc2ccc(Cl)nc2)ccc1C#N. The second kappa shape index (κ2) is 5.49. The van der Waals surface area contributed by atoms with Crippen molar-refractivity contribution in [1.82, 2.24) is 4.98 Å². The molecule has 7 heteroatoms. The van der Waals surface area contributed by atoms with Crippen molar-refractivity contribution in [2.45, 2.75) is 11.8 Å². The normalized spacial score (nSPS) is 10.8. The summed E-state index contributed by atoms with van der Waals surface area (Å²) in [6, 6.07) is 9.31. The zero-order chi connectivity index (χ0) is 14.8. The standard InChI is InChI=1S/C13H10ClN3O2S/c1-9-6-12(4-2-10(9)7-15)20(18,19)17-11-3-5-13(14)16-8-11/h2-6,8,17H,1H3. The molecule has 0 amide bonds. The summed E-state index contributed by atoms with van der Waals surface area (Å²) >= 11 is 5.64. The Morgan fingerprint density at radius 1 is 1.30 bits per heavy atom. The van der Waals surface area contributed by atoms with Crippen LogP contribution < -0.4 is 4.72 Å². The van der Waals surface area contributed by atoms with Crippen LogP contribution in [0.4, 0.5) is 5.69 Å². The minimum absolute atomic E-state index is 0.0870. The van der Waals surface area contributed by atoms with Gasteiger partial charge in [-0.25, -0.2) is 13.4 Å². The Labute approximate surface area is 121 Å². The summed E-state index contributed by atoms with van der Waals surface area (Å²) in [6.07, 6.45) is 1.33. The van der Waals surface area contributed by atoms with Crippen molar-refractivity contribution in [2.75, 3.05) is 4.72 Å². The van der Waals surface area contributed by atoms with Crippen LogP contribution in [0.1, 0.15) is 11.1 Å². The highest BCUT2D eigenvalue weighted by atomic mass is 35.5. The topological polar surface area (TPSA) is 82.8 Å². The molecule has 0 unspecified atom stereocenters. The molecule has 0 aliphatic rings. The number of nitriles is 1. The average Bonchev–Trinajstić information content (AvgIpc) is 2.41. The van der Waals surface area contributed by atoms with Crippen molar-refractivity contribution in [3.8, 4) is 6.07 Å². The average molecular weight is 308 g/mol. The number of anilines is 1. The Kier molecular flexibility index (Phi) is 3.93. The highest BCUT2D eigenvalue weighted by Crippen LogP contribution is 2.19. The van der Waals surface area contributed by atoms with Crippen LogP contribution in [0.5, 0.6) is 0 Å². The number of aryl methyl sites for hydroxylation is 1. The van der Waals surface area contributed by atoms with Gasteiger partial charge < -0.3 is 0 Å². The number of nitrogens with one attached hydrogen (secondary N) is 1. The molecule has 20 heavy (non-hydrogen) atoms. The van der Waals surface area contributed by atoms with E-state index in [2.05, 4.69) is 9.71 Å². The third-order valence-corrected chi connectivity index (χ3v) is 4.21. The van der Waals surface area contributed by atoms with Crippen molar-refractivity contribution in [2.24, 2.45) is 0 Å². The van der Waals surface area contributed by atoms with Gasteiger partial charge in [-0.05, 0) is 42.8 Å². The quantitative estimate of drug-likeness (QED) is 0.884. The van der Waals surface area contributed by atoms with Crippen molar-refractivity contribution < 1.29 is 8.42 Å². The maximum atomic E-state index is 12.2. The molecule has 1 heterocycles. The zero-order valence-electron chi connectivity index (χ0n) is 10.5. The molecule has 0 saturated heterocycles. The Balaban J connectivity index is 2.33. The summed E-state index contributed by atoms with van der Waals surface area (Å²) in [5, 5.41) is 9.12. The van der Waals surface area contributed by atoms with E-state index in [1.165, 1.54) is 36.5 Å². The zero-order valence-corrected chi connectivity index (χ0v) is 12.0. The van der Waals surface area contributed by atoms with Crippen molar-refractivity contribution >= 4 is 27.3 Å². The van der Waals surface area contributed by atoms with E-state index in [0.717, 1.165) is 0 Å². The maximum absolute atomic E-state index is 12.2. The number of pyridine rings is 1. The van der Waals surface area contributed by atoms with Crippen LogP contribution in [0.15, 0.2) is 41.4 Å². The van der Waals surface area contributed by atoms with E-state index in [-0.39, 0.29) is 10.0 Å². The molecule has 1 aromatic heterocycles. The second-order valence-corrected chi connectivity index (χ2v) is 6.13. The Morgan fingerprint density at radius 2 is 2.05 bits per heavy atom. The lowest BCUT2D eigenvalue weighted by Crippen LogP contribution is -2.13. The first-order valence-corrected chi connectivity index (χ1v) is 7.43. The number of sulfonamides is 1. The Hall–Kier alpha value is -2.10. The van der Waals surface area contributed by atoms with E-state index in [4.69, 9.17) is 16.9 Å². The molecular weight excluding hydrogens is 298 g/mol. The number of nitrogens with zero attached hydrogens (tertiary/aromatic N) is 2. The van der Waals surface area contributed by atoms with Gasteiger partial charge in [0, 0.05) is 0 Å². The molecule has 0 fully saturated rings. The predicted octanol–water partition coefficient (Wildman–Crippen LogP) is 2.72. The van der Waals surface area contributed by atoms with Gasteiger partial charge >= 0.3 is 0 Å². The first-order chi connectivity index (χ1) is 9.42. The molecule has 0 spiro atoms. The lowest BCUT2D eigenvalue weighted by molar-refractivity contribution is 0.601. The summed E-state index contributed by atoms with van der Waals surface area (Å²) in [4.78, 5) is 3.88. The summed E-state index contributed by atoms with van der Waals surface area (Å²) in [7, 11) is -3.72. The molecule has 0 saturated carbocycles. The fourth-order valence-electron chi connectivity index (χ4n) is 1.58. The lowest BCUT2D eigenvalue weighted by Gasteiger charge is -2.08. The van der Waals surface area contributed by atoms with Gasteiger partial charge in [-0.1, -0.05) is 11.6 Å². The molecule has 5 nitrogen and oxygen atoms in total. The van der Waals surface area contributed by atoms with E-state index in [9.17, 15) is 8.42 Å². The molecule has 1 N–H and O–H groups in total. The highest BCUT2D eigenvalue weighted by Gasteiger charge is 2.15. The van der Waals surface area contributed by atoms with E-state index in [1.807, 2.05) is 6.07 Å². The molecule has 2 rings (SSSR count). The summed E-state index contributed by atoms with van der Waals surface area (Å²) < 4.78 is 26.8. The van der Waals surface area contributed by atoms with Gasteiger partial charge in [-0.3, -0.25) is 4.72 Å². The van der Waals surface area contributed by atoms with Gasteiger partial charge in [0.15, 0.2) is 0 Å². The highest BCUT2D eigenvalue weighted by molar-refractivity contribution is 7.92. The van der Waals surface area contributed by atoms with E-state index >= 15 is 0 Å². The van der Waals surface area contributed by atoms with Gasteiger partial charge in [0.2, 0.25) is 0 Å². The molecule has 0 atom stereocenters. The Morgan fingerprint density at radius 3 is 2.60 bits per heavy atom. The Bertz CT molecular complexity index is 780. The minimum atomic E-state index is -3.72. The molecule has 0 aliphatic carbocycles. The van der Waals surface area contributed by atoms with Crippen LogP contribution in [0.2, 0.25) is 5.15 Å². The van der Waals surface area contributed by atoms with Crippen LogP contribution in [0.3, 0.4) is 0 Å². The predicted molar refractivity (Wildman–Crippen MR) is 75.9 cm³/mol. The van der Waals surface area contributed by atoms with E-state index in [1.54, 1.807) is 6.92 Å². The monoisotopic (exact) mass is 307 g/mol. The number of halogens is 1. The molecule has 2 aromatic rings. The molecular formula is C13H10ClN3O2S.